The molecule has 1 saturated heterocycles. The van der Waals surface area contributed by atoms with E-state index in [0.717, 1.165) is 5.46 Å². The highest BCUT2D eigenvalue weighted by atomic mass is 16.7. The van der Waals surface area contributed by atoms with E-state index in [0.29, 0.717) is 0 Å². The van der Waals surface area contributed by atoms with Gasteiger partial charge in [-0.2, -0.15) is 0 Å². The van der Waals surface area contributed by atoms with Gasteiger partial charge in [0, 0.05) is 18.0 Å². The highest BCUT2D eigenvalue weighted by molar-refractivity contribution is 6.62. The average molecular weight is 329 g/mol. The van der Waals surface area contributed by atoms with Crippen LogP contribution in [0.1, 0.15) is 27.7 Å². The first-order chi connectivity index (χ1) is 11.9. The Hall–Kier alpha value is -2.17. The standard InChI is InChI=1S/C21H20BNO2/c1-20(2)21(3,4)25-22(24-20)14-10-13-6-5-7-16-18-12-23-9-8-15(18)17(11-14)19(13)16/h5-12H,1-4H3. The van der Waals surface area contributed by atoms with E-state index >= 15 is 0 Å². The van der Waals surface area contributed by atoms with Crippen LogP contribution in [-0.4, -0.2) is 23.3 Å². The van der Waals surface area contributed by atoms with Gasteiger partial charge >= 0.3 is 7.12 Å². The third-order valence-electron chi connectivity index (χ3n) is 5.93. The fourth-order valence-corrected chi connectivity index (χ4v) is 3.85. The van der Waals surface area contributed by atoms with Crippen molar-refractivity contribution in [3.05, 3.63) is 48.8 Å². The Labute approximate surface area is 148 Å². The summed E-state index contributed by atoms with van der Waals surface area (Å²) in [5.41, 5.74) is 5.34. The second-order valence-electron chi connectivity index (χ2n) is 7.98. The zero-order valence-corrected chi connectivity index (χ0v) is 15.0. The van der Waals surface area contributed by atoms with Crippen LogP contribution in [0.25, 0.3) is 33.0 Å². The van der Waals surface area contributed by atoms with E-state index in [1.165, 1.54) is 33.0 Å². The van der Waals surface area contributed by atoms with Crippen molar-refractivity contribution in [2.75, 3.05) is 0 Å². The minimum atomic E-state index is -0.347. The molecule has 124 valence electrons. The Bertz CT molecular complexity index is 1010. The summed E-state index contributed by atoms with van der Waals surface area (Å²) in [6, 6.07) is 13.0. The molecular formula is C21H20BNO2. The van der Waals surface area contributed by atoms with E-state index in [2.05, 4.69) is 69.1 Å². The van der Waals surface area contributed by atoms with E-state index < -0.39 is 0 Å². The number of hydrogen-bond donors (Lipinski definition) is 0. The number of nitrogens with zero attached hydrogens (tertiary/aromatic N) is 1. The van der Waals surface area contributed by atoms with E-state index in [1.807, 2.05) is 12.4 Å². The lowest BCUT2D eigenvalue weighted by atomic mass is 9.77. The molecule has 1 aliphatic heterocycles. The SMILES string of the molecule is CC1(C)OB(c2cc3c4c(cccc4c2)-c2cnccc2-3)OC1(C)C. The number of benzene rings is 2. The zero-order chi connectivity index (χ0) is 17.4. The van der Waals surface area contributed by atoms with E-state index in [4.69, 9.17) is 9.31 Å². The Balaban J connectivity index is 1.72. The summed E-state index contributed by atoms with van der Waals surface area (Å²) in [7, 11) is -0.347. The van der Waals surface area contributed by atoms with Crippen LogP contribution in [0.2, 0.25) is 0 Å². The maximum absolute atomic E-state index is 6.27. The molecule has 3 nitrogen and oxygen atoms in total. The summed E-state index contributed by atoms with van der Waals surface area (Å²) in [6.07, 6.45) is 3.82. The van der Waals surface area contributed by atoms with Crippen LogP contribution in [0.4, 0.5) is 0 Å². The van der Waals surface area contributed by atoms with Gasteiger partial charge in [-0.25, -0.2) is 0 Å². The first kappa shape index (κ1) is 15.1. The molecule has 3 aromatic rings. The molecule has 0 radical (unpaired) electrons. The first-order valence-electron chi connectivity index (χ1n) is 8.74. The minimum Gasteiger partial charge on any atom is -0.399 e. The van der Waals surface area contributed by atoms with Gasteiger partial charge < -0.3 is 9.31 Å². The lowest BCUT2D eigenvalue weighted by molar-refractivity contribution is 0.00578. The summed E-state index contributed by atoms with van der Waals surface area (Å²) >= 11 is 0. The molecule has 0 saturated carbocycles. The molecule has 0 amide bonds. The van der Waals surface area contributed by atoms with E-state index in [1.54, 1.807) is 0 Å². The van der Waals surface area contributed by atoms with Crippen LogP contribution in [0.15, 0.2) is 48.8 Å². The topological polar surface area (TPSA) is 31.4 Å². The average Bonchev–Trinajstić information content (AvgIpc) is 3.01. The second kappa shape index (κ2) is 4.72. The van der Waals surface area contributed by atoms with Crippen LogP contribution < -0.4 is 5.46 Å². The lowest BCUT2D eigenvalue weighted by Crippen LogP contribution is -2.41. The molecule has 2 aliphatic rings. The van der Waals surface area contributed by atoms with Gasteiger partial charge in [-0.15, -0.1) is 0 Å². The van der Waals surface area contributed by atoms with Crippen molar-refractivity contribution in [1.82, 2.24) is 4.98 Å². The van der Waals surface area contributed by atoms with Crippen molar-refractivity contribution in [2.24, 2.45) is 0 Å². The Morgan fingerprint density at radius 3 is 2.36 bits per heavy atom. The summed E-state index contributed by atoms with van der Waals surface area (Å²) in [5.74, 6) is 0. The largest absolute Gasteiger partial charge is 0.494 e. The van der Waals surface area contributed by atoms with Crippen molar-refractivity contribution in [3.8, 4) is 22.3 Å². The Kier molecular flexibility index (Phi) is 2.85. The molecule has 2 heterocycles. The maximum atomic E-state index is 6.27. The van der Waals surface area contributed by atoms with Crippen LogP contribution in [0.5, 0.6) is 0 Å². The fourth-order valence-electron chi connectivity index (χ4n) is 3.85. The number of hydrogen-bond acceptors (Lipinski definition) is 3. The lowest BCUT2D eigenvalue weighted by Gasteiger charge is -2.32. The summed E-state index contributed by atoms with van der Waals surface area (Å²) in [4.78, 5) is 4.31. The minimum absolute atomic E-state index is 0.337. The van der Waals surface area contributed by atoms with Crippen molar-refractivity contribution < 1.29 is 9.31 Å². The number of fused-ring (bicyclic) bond motifs is 3. The summed E-state index contributed by atoms with van der Waals surface area (Å²) < 4.78 is 12.5. The number of rotatable bonds is 1. The van der Waals surface area contributed by atoms with Crippen LogP contribution in [-0.2, 0) is 9.31 Å². The van der Waals surface area contributed by atoms with Crippen molar-refractivity contribution >= 4 is 23.4 Å². The van der Waals surface area contributed by atoms with Crippen molar-refractivity contribution in [1.29, 1.82) is 0 Å². The summed E-state index contributed by atoms with van der Waals surface area (Å²) in [6.45, 7) is 8.36. The van der Waals surface area contributed by atoms with Crippen molar-refractivity contribution in [3.63, 3.8) is 0 Å². The van der Waals surface area contributed by atoms with Gasteiger partial charge in [0.15, 0.2) is 0 Å². The third-order valence-corrected chi connectivity index (χ3v) is 5.93. The van der Waals surface area contributed by atoms with Gasteiger partial charge in [-0.3, -0.25) is 4.98 Å². The predicted octanol–water partition coefficient (Wildman–Crippen LogP) is 4.18. The maximum Gasteiger partial charge on any atom is 0.494 e. The molecule has 0 unspecified atom stereocenters. The molecule has 1 fully saturated rings. The van der Waals surface area contributed by atoms with Gasteiger partial charge in [0.2, 0.25) is 0 Å². The molecular weight excluding hydrogens is 309 g/mol. The van der Waals surface area contributed by atoms with Crippen LogP contribution >= 0.6 is 0 Å². The molecule has 1 aliphatic carbocycles. The molecule has 0 atom stereocenters. The molecule has 5 rings (SSSR count). The van der Waals surface area contributed by atoms with E-state index in [9.17, 15) is 0 Å². The number of aromatic nitrogens is 1. The highest BCUT2D eigenvalue weighted by Gasteiger charge is 2.51. The van der Waals surface area contributed by atoms with Crippen molar-refractivity contribution in [2.45, 2.75) is 38.9 Å². The fraction of sp³-hybridized carbons (Fsp3) is 0.286. The molecule has 4 heteroatoms. The van der Waals surface area contributed by atoms with Gasteiger partial charge in [-0.05, 0) is 66.7 Å². The number of pyridine rings is 1. The first-order valence-corrected chi connectivity index (χ1v) is 8.74. The third kappa shape index (κ3) is 1.98. The highest BCUT2D eigenvalue weighted by Crippen LogP contribution is 2.46. The molecule has 25 heavy (non-hydrogen) atoms. The molecule has 1 aromatic heterocycles. The van der Waals surface area contributed by atoms with E-state index in [-0.39, 0.29) is 18.3 Å². The Morgan fingerprint density at radius 1 is 0.840 bits per heavy atom. The monoisotopic (exact) mass is 329 g/mol. The molecule has 0 bridgehead atoms. The zero-order valence-electron chi connectivity index (χ0n) is 15.0. The van der Waals surface area contributed by atoms with Gasteiger partial charge in [0.05, 0.1) is 11.2 Å². The second-order valence-corrected chi connectivity index (χ2v) is 7.98. The smallest absolute Gasteiger partial charge is 0.399 e. The van der Waals surface area contributed by atoms with Gasteiger partial charge in [0.25, 0.3) is 0 Å². The molecule has 0 spiro atoms. The molecule has 0 N–H and O–H groups in total. The van der Waals surface area contributed by atoms with Crippen LogP contribution in [0, 0.1) is 0 Å². The van der Waals surface area contributed by atoms with Gasteiger partial charge in [-0.1, -0.05) is 30.3 Å². The quantitative estimate of drug-likeness (QED) is 0.491. The Morgan fingerprint density at radius 2 is 1.60 bits per heavy atom. The summed E-state index contributed by atoms with van der Waals surface area (Å²) in [5, 5.41) is 2.52. The predicted molar refractivity (Wildman–Crippen MR) is 102 cm³/mol. The molecule has 2 aromatic carbocycles. The van der Waals surface area contributed by atoms with Gasteiger partial charge in [0.1, 0.15) is 0 Å². The normalized spacial score (nSPS) is 19.4. The van der Waals surface area contributed by atoms with Crippen LogP contribution in [0.3, 0.4) is 0 Å².